The molecular formula is C21H17N. The topological polar surface area (TPSA) is 12.9 Å². The van der Waals surface area contributed by atoms with Crippen LogP contribution in [-0.2, 0) is 25.7 Å². The van der Waals surface area contributed by atoms with Crippen molar-refractivity contribution in [3.8, 4) is 22.3 Å². The lowest BCUT2D eigenvalue weighted by molar-refractivity contribution is 0.869. The van der Waals surface area contributed by atoms with Crippen LogP contribution in [0.3, 0.4) is 0 Å². The van der Waals surface area contributed by atoms with E-state index in [0.29, 0.717) is 0 Å². The molecule has 2 aromatic carbocycles. The number of aromatic nitrogens is 1. The number of hydrogen-bond donors (Lipinski definition) is 0. The molecule has 22 heavy (non-hydrogen) atoms. The summed E-state index contributed by atoms with van der Waals surface area (Å²) in [6.07, 6.45) is 6.57. The zero-order chi connectivity index (χ0) is 14.5. The molecule has 1 aromatic heterocycles. The maximum Gasteiger partial charge on any atom is 0.0488 e. The maximum atomic E-state index is 4.83. The molecule has 0 aliphatic heterocycles. The molecule has 0 fully saturated rings. The van der Waals surface area contributed by atoms with Crippen LogP contribution < -0.4 is 0 Å². The minimum Gasteiger partial charge on any atom is -0.260 e. The van der Waals surface area contributed by atoms with Gasteiger partial charge in [-0.2, -0.15) is 0 Å². The third-order valence-electron chi connectivity index (χ3n) is 5.13. The number of pyridine rings is 1. The second-order valence-corrected chi connectivity index (χ2v) is 6.29. The van der Waals surface area contributed by atoms with E-state index in [0.717, 1.165) is 25.7 Å². The molecule has 0 saturated carbocycles. The number of fused-ring (bicyclic) bond motifs is 7. The molecule has 1 heteroatoms. The summed E-state index contributed by atoms with van der Waals surface area (Å²) in [7, 11) is 0. The average Bonchev–Trinajstić information content (AvgIpc) is 2.60. The van der Waals surface area contributed by atoms with Gasteiger partial charge in [-0.1, -0.05) is 48.5 Å². The number of hydrogen-bond acceptors (Lipinski definition) is 1. The minimum absolute atomic E-state index is 1.07. The quantitative estimate of drug-likeness (QED) is 0.587. The Labute approximate surface area is 130 Å². The number of nitrogens with zero attached hydrogens (tertiary/aromatic N) is 1. The van der Waals surface area contributed by atoms with Gasteiger partial charge in [0.1, 0.15) is 0 Å². The molecule has 0 spiro atoms. The summed E-state index contributed by atoms with van der Waals surface area (Å²) in [5.74, 6) is 0. The predicted molar refractivity (Wildman–Crippen MR) is 89.9 cm³/mol. The normalized spacial score (nSPS) is 14.5. The molecule has 1 nitrogen and oxygen atoms in total. The fourth-order valence-electron chi connectivity index (χ4n) is 4.09. The molecule has 0 saturated heterocycles. The summed E-state index contributed by atoms with van der Waals surface area (Å²) in [4.78, 5) is 4.83. The van der Waals surface area contributed by atoms with E-state index in [1.54, 1.807) is 0 Å². The van der Waals surface area contributed by atoms with E-state index in [4.69, 9.17) is 4.98 Å². The zero-order valence-corrected chi connectivity index (χ0v) is 12.5. The monoisotopic (exact) mass is 283 g/mol. The van der Waals surface area contributed by atoms with Gasteiger partial charge in [-0.05, 0) is 53.5 Å². The average molecular weight is 283 g/mol. The van der Waals surface area contributed by atoms with Crippen molar-refractivity contribution >= 4 is 0 Å². The fraction of sp³-hybridized carbons (Fsp3) is 0.190. The van der Waals surface area contributed by atoms with Crippen molar-refractivity contribution in [2.45, 2.75) is 25.7 Å². The number of rotatable bonds is 0. The SMILES string of the molecule is c1ccc2c(c1)CCc1c-2cnc2c1-c1ccccc1CC2. The molecule has 0 N–H and O–H groups in total. The van der Waals surface area contributed by atoms with Crippen molar-refractivity contribution in [2.75, 3.05) is 0 Å². The summed E-state index contributed by atoms with van der Waals surface area (Å²) >= 11 is 0. The first-order valence-electron chi connectivity index (χ1n) is 8.09. The van der Waals surface area contributed by atoms with Gasteiger partial charge in [-0.25, -0.2) is 0 Å². The van der Waals surface area contributed by atoms with Gasteiger partial charge in [0, 0.05) is 23.0 Å². The molecule has 2 aliphatic carbocycles. The van der Waals surface area contributed by atoms with Crippen LogP contribution in [0, 0.1) is 0 Å². The Balaban J connectivity index is 1.83. The summed E-state index contributed by atoms with van der Waals surface area (Å²) < 4.78 is 0. The third kappa shape index (κ3) is 1.62. The Morgan fingerprint density at radius 1 is 0.636 bits per heavy atom. The number of benzene rings is 2. The van der Waals surface area contributed by atoms with Crippen LogP contribution in [0.4, 0.5) is 0 Å². The van der Waals surface area contributed by atoms with Gasteiger partial charge in [0.05, 0.1) is 0 Å². The highest BCUT2D eigenvalue weighted by molar-refractivity contribution is 5.84. The van der Waals surface area contributed by atoms with Crippen LogP contribution in [0.15, 0.2) is 54.7 Å². The second kappa shape index (κ2) is 4.54. The van der Waals surface area contributed by atoms with E-state index in [2.05, 4.69) is 54.7 Å². The zero-order valence-electron chi connectivity index (χ0n) is 12.5. The Morgan fingerprint density at radius 3 is 2.18 bits per heavy atom. The molecule has 0 bridgehead atoms. The molecule has 0 unspecified atom stereocenters. The van der Waals surface area contributed by atoms with Crippen molar-refractivity contribution in [1.82, 2.24) is 4.98 Å². The summed E-state index contributed by atoms with van der Waals surface area (Å²) in [6.45, 7) is 0. The van der Waals surface area contributed by atoms with Crippen molar-refractivity contribution in [3.63, 3.8) is 0 Å². The molecule has 0 atom stereocenters. The van der Waals surface area contributed by atoms with Crippen molar-refractivity contribution in [3.05, 3.63) is 77.1 Å². The lowest BCUT2D eigenvalue weighted by atomic mass is 9.78. The van der Waals surface area contributed by atoms with Crippen molar-refractivity contribution < 1.29 is 0 Å². The minimum atomic E-state index is 1.07. The van der Waals surface area contributed by atoms with Crippen LogP contribution in [0.2, 0.25) is 0 Å². The first-order valence-corrected chi connectivity index (χ1v) is 8.09. The van der Waals surface area contributed by atoms with Crippen molar-refractivity contribution in [2.24, 2.45) is 0 Å². The second-order valence-electron chi connectivity index (χ2n) is 6.29. The van der Waals surface area contributed by atoms with Gasteiger partial charge in [0.2, 0.25) is 0 Å². The molecule has 106 valence electrons. The Morgan fingerprint density at radius 2 is 1.32 bits per heavy atom. The highest BCUT2D eigenvalue weighted by Crippen LogP contribution is 2.42. The molecular weight excluding hydrogens is 266 g/mol. The lowest BCUT2D eigenvalue weighted by Gasteiger charge is -2.27. The Kier molecular flexibility index (Phi) is 2.51. The summed E-state index contributed by atoms with van der Waals surface area (Å²) in [5.41, 5.74) is 11.3. The standard InChI is InChI=1S/C21H17N/c1-3-7-16-14(5-1)9-11-18-19(16)13-22-20-12-10-15-6-2-4-8-17(15)21(18)20/h1-8,13H,9-12H2. The molecule has 1 heterocycles. The highest BCUT2D eigenvalue weighted by atomic mass is 14.7. The Bertz CT molecular complexity index is 892. The van der Waals surface area contributed by atoms with Crippen LogP contribution >= 0.6 is 0 Å². The smallest absolute Gasteiger partial charge is 0.0488 e. The van der Waals surface area contributed by atoms with Crippen LogP contribution in [0.5, 0.6) is 0 Å². The van der Waals surface area contributed by atoms with E-state index in [9.17, 15) is 0 Å². The van der Waals surface area contributed by atoms with Gasteiger partial charge >= 0.3 is 0 Å². The fourth-order valence-corrected chi connectivity index (χ4v) is 4.09. The Hall–Kier alpha value is -2.41. The molecule has 0 radical (unpaired) electrons. The number of aryl methyl sites for hydroxylation is 3. The predicted octanol–water partition coefficient (Wildman–Crippen LogP) is 4.61. The van der Waals surface area contributed by atoms with Crippen LogP contribution in [-0.4, -0.2) is 4.98 Å². The van der Waals surface area contributed by atoms with E-state index in [1.807, 2.05) is 0 Å². The molecule has 2 aliphatic rings. The van der Waals surface area contributed by atoms with Gasteiger partial charge in [-0.3, -0.25) is 4.98 Å². The summed E-state index contributed by atoms with van der Waals surface area (Å²) in [6, 6.07) is 17.6. The third-order valence-corrected chi connectivity index (χ3v) is 5.13. The first kappa shape index (κ1) is 12.2. The molecule has 3 aromatic rings. The van der Waals surface area contributed by atoms with E-state index < -0.39 is 0 Å². The van der Waals surface area contributed by atoms with Gasteiger partial charge < -0.3 is 0 Å². The van der Waals surface area contributed by atoms with E-state index in [-0.39, 0.29) is 0 Å². The first-order chi connectivity index (χ1) is 10.9. The molecule has 5 rings (SSSR count). The summed E-state index contributed by atoms with van der Waals surface area (Å²) in [5, 5.41) is 0. The van der Waals surface area contributed by atoms with E-state index in [1.165, 1.54) is 44.6 Å². The lowest BCUT2D eigenvalue weighted by Crippen LogP contribution is -2.13. The van der Waals surface area contributed by atoms with E-state index >= 15 is 0 Å². The van der Waals surface area contributed by atoms with Crippen LogP contribution in [0.25, 0.3) is 22.3 Å². The van der Waals surface area contributed by atoms with Crippen LogP contribution in [0.1, 0.15) is 22.4 Å². The van der Waals surface area contributed by atoms with Crippen molar-refractivity contribution in [1.29, 1.82) is 0 Å². The van der Waals surface area contributed by atoms with Gasteiger partial charge in [-0.15, -0.1) is 0 Å². The largest absolute Gasteiger partial charge is 0.260 e. The van der Waals surface area contributed by atoms with Gasteiger partial charge in [0.15, 0.2) is 0 Å². The highest BCUT2D eigenvalue weighted by Gasteiger charge is 2.25. The molecule has 0 amide bonds. The maximum absolute atomic E-state index is 4.83. The van der Waals surface area contributed by atoms with Gasteiger partial charge in [0.25, 0.3) is 0 Å².